The molecule has 4 heteroatoms. The largest absolute Gasteiger partial charge is 0.354 e. The zero-order valence-corrected chi connectivity index (χ0v) is 13.8. The van der Waals surface area contributed by atoms with E-state index in [-0.39, 0.29) is 17.8 Å². The van der Waals surface area contributed by atoms with Crippen molar-refractivity contribution in [1.29, 1.82) is 0 Å². The van der Waals surface area contributed by atoms with Gasteiger partial charge in [0, 0.05) is 19.6 Å². The topological polar surface area (TPSA) is 32.3 Å². The molecule has 0 aromatic heterocycles. The number of rotatable bonds is 5. The van der Waals surface area contributed by atoms with E-state index in [2.05, 4.69) is 24.1 Å². The molecule has 2 rings (SSSR count). The van der Waals surface area contributed by atoms with Gasteiger partial charge < -0.3 is 5.32 Å². The third kappa shape index (κ3) is 4.80. The second-order valence-electron chi connectivity index (χ2n) is 6.74. The van der Waals surface area contributed by atoms with Crippen LogP contribution in [0.4, 0.5) is 4.39 Å². The van der Waals surface area contributed by atoms with E-state index in [0.717, 1.165) is 25.1 Å². The lowest BCUT2D eigenvalue weighted by molar-refractivity contribution is -0.126. The minimum absolute atomic E-state index is 0.0848. The molecule has 1 heterocycles. The van der Waals surface area contributed by atoms with Crippen molar-refractivity contribution in [2.45, 2.75) is 39.7 Å². The number of hydrogen-bond acceptors (Lipinski definition) is 2. The Bertz CT molecular complexity index is 478. The first-order valence-electron chi connectivity index (χ1n) is 8.22. The second kappa shape index (κ2) is 7.73. The van der Waals surface area contributed by atoms with Crippen molar-refractivity contribution in [3.8, 4) is 0 Å². The molecular weight excluding hydrogens is 279 g/mol. The number of halogens is 1. The summed E-state index contributed by atoms with van der Waals surface area (Å²) in [6.07, 6.45) is 1.97. The minimum atomic E-state index is -0.227. The second-order valence-corrected chi connectivity index (χ2v) is 6.74. The van der Waals surface area contributed by atoms with Crippen LogP contribution in [0.1, 0.15) is 32.8 Å². The predicted molar refractivity (Wildman–Crippen MR) is 87.1 cm³/mol. The first-order chi connectivity index (χ1) is 10.5. The third-order valence-corrected chi connectivity index (χ3v) is 4.45. The Morgan fingerprint density at radius 1 is 1.27 bits per heavy atom. The van der Waals surface area contributed by atoms with Crippen LogP contribution in [0, 0.1) is 17.7 Å². The van der Waals surface area contributed by atoms with Gasteiger partial charge in [-0.15, -0.1) is 0 Å². The first kappa shape index (κ1) is 16.9. The lowest BCUT2D eigenvalue weighted by Gasteiger charge is -2.38. The van der Waals surface area contributed by atoms with Crippen LogP contribution in [-0.4, -0.2) is 36.5 Å². The molecule has 1 aliphatic heterocycles. The van der Waals surface area contributed by atoms with E-state index in [1.807, 2.05) is 6.92 Å². The smallest absolute Gasteiger partial charge is 0.237 e. The fourth-order valence-corrected chi connectivity index (χ4v) is 3.32. The Morgan fingerprint density at radius 2 is 1.86 bits per heavy atom. The lowest BCUT2D eigenvalue weighted by atomic mass is 9.91. The standard InChI is InChI=1S/C18H27FN2O/c1-13-10-14(2)12-21(11-13)15(3)18(22)20-9-8-16-4-6-17(19)7-5-16/h4-7,13-15H,8-12H2,1-3H3,(H,20,22). The van der Waals surface area contributed by atoms with Crippen LogP contribution in [-0.2, 0) is 11.2 Å². The summed E-state index contributed by atoms with van der Waals surface area (Å²) in [4.78, 5) is 14.6. The quantitative estimate of drug-likeness (QED) is 0.907. The first-order valence-corrected chi connectivity index (χ1v) is 8.22. The number of piperidine rings is 1. The van der Waals surface area contributed by atoms with Crippen LogP contribution in [0.5, 0.6) is 0 Å². The third-order valence-electron chi connectivity index (χ3n) is 4.45. The van der Waals surface area contributed by atoms with Gasteiger partial charge in [0.15, 0.2) is 0 Å². The lowest BCUT2D eigenvalue weighted by Crippen LogP contribution is -2.50. The van der Waals surface area contributed by atoms with Crippen molar-refractivity contribution in [3.05, 3.63) is 35.6 Å². The summed E-state index contributed by atoms with van der Waals surface area (Å²) in [6.45, 7) is 9.07. The van der Waals surface area contributed by atoms with Gasteiger partial charge in [0.2, 0.25) is 5.91 Å². The van der Waals surface area contributed by atoms with Gasteiger partial charge in [0.25, 0.3) is 0 Å². The van der Waals surface area contributed by atoms with E-state index in [4.69, 9.17) is 0 Å². The highest BCUT2D eigenvalue weighted by Gasteiger charge is 2.28. The SMILES string of the molecule is CC1CC(C)CN(C(C)C(=O)NCCc2ccc(F)cc2)C1. The molecule has 122 valence electrons. The molecule has 22 heavy (non-hydrogen) atoms. The number of benzene rings is 1. The van der Waals surface area contributed by atoms with Gasteiger partial charge in [-0.2, -0.15) is 0 Å². The summed E-state index contributed by atoms with van der Waals surface area (Å²) in [5.41, 5.74) is 1.04. The summed E-state index contributed by atoms with van der Waals surface area (Å²) in [6, 6.07) is 6.35. The molecule has 1 aromatic rings. The molecule has 0 radical (unpaired) electrons. The van der Waals surface area contributed by atoms with Crippen molar-refractivity contribution < 1.29 is 9.18 Å². The molecule has 1 saturated heterocycles. The molecule has 1 fully saturated rings. The Kier molecular flexibility index (Phi) is 5.95. The maximum atomic E-state index is 12.8. The maximum Gasteiger partial charge on any atom is 0.237 e. The molecule has 1 aromatic carbocycles. The van der Waals surface area contributed by atoms with Gasteiger partial charge in [0.1, 0.15) is 5.82 Å². The Hall–Kier alpha value is -1.42. The van der Waals surface area contributed by atoms with Crippen LogP contribution < -0.4 is 5.32 Å². The molecule has 0 bridgehead atoms. The number of nitrogens with one attached hydrogen (secondary N) is 1. The summed E-state index contributed by atoms with van der Waals surface area (Å²) >= 11 is 0. The predicted octanol–water partition coefficient (Wildman–Crippen LogP) is 2.85. The molecule has 3 atom stereocenters. The van der Waals surface area contributed by atoms with E-state index in [9.17, 15) is 9.18 Å². The summed E-state index contributed by atoms with van der Waals surface area (Å²) in [7, 11) is 0. The van der Waals surface area contributed by atoms with Crippen molar-refractivity contribution in [1.82, 2.24) is 10.2 Å². The van der Waals surface area contributed by atoms with Crippen LogP contribution in [0.3, 0.4) is 0 Å². The Morgan fingerprint density at radius 3 is 2.45 bits per heavy atom. The molecular formula is C18H27FN2O. The highest BCUT2D eigenvalue weighted by Crippen LogP contribution is 2.22. The van der Waals surface area contributed by atoms with Crippen LogP contribution in [0.2, 0.25) is 0 Å². The number of hydrogen-bond donors (Lipinski definition) is 1. The van der Waals surface area contributed by atoms with Gasteiger partial charge in [-0.3, -0.25) is 9.69 Å². The molecule has 0 spiro atoms. The fourth-order valence-electron chi connectivity index (χ4n) is 3.32. The molecule has 1 amide bonds. The number of carbonyl (C=O) groups excluding carboxylic acids is 1. The van der Waals surface area contributed by atoms with Crippen molar-refractivity contribution in [2.75, 3.05) is 19.6 Å². The summed E-state index contributed by atoms with van der Waals surface area (Å²) in [5.74, 6) is 1.16. The zero-order valence-electron chi connectivity index (χ0n) is 13.8. The molecule has 3 unspecified atom stereocenters. The van der Waals surface area contributed by atoms with Crippen LogP contribution >= 0.6 is 0 Å². The van der Waals surface area contributed by atoms with Crippen molar-refractivity contribution >= 4 is 5.91 Å². The number of carbonyl (C=O) groups is 1. The van der Waals surface area contributed by atoms with E-state index >= 15 is 0 Å². The average molecular weight is 306 g/mol. The number of amides is 1. The molecule has 3 nitrogen and oxygen atoms in total. The van der Waals surface area contributed by atoms with E-state index in [1.165, 1.54) is 18.6 Å². The van der Waals surface area contributed by atoms with Gasteiger partial charge in [0.05, 0.1) is 6.04 Å². The van der Waals surface area contributed by atoms with Crippen LogP contribution in [0.15, 0.2) is 24.3 Å². The van der Waals surface area contributed by atoms with Crippen LogP contribution in [0.25, 0.3) is 0 Å². The zero-order chi connectivity index (χ0) is 16.1. The monoisotopic (exact) mass is 306 g/mol. The highest BCUT2D eigenvalue weighted by molar-refractivity contribution is 5.81. The van der Waals surface area contributed by atoms with E-state index < -0.39 is 0 Å². The van der Waals surface area contributed by atoms with Crippen molar-refractivity contribution in [3.63, 3.8) is 0 Å². The minimum Gasteiger partial charge on any atom is -0.354 e. The molecule has 0 saturated carbocycles. The van der Waals surface area contributed by atoms with Gasteiger partial charge in [-0.1, -0.05) is 26.0 Å². The normalized spacial score (nSPS) is 24.0. The molecule has 1 aliphatic rings. The maximum absolute atomic E-state index is 12.8. The van der Waals surface area contributed by atoms with Gasteiger partial charge >= 0.3 is 0 Å². The Labute approximate surface area is 132 Å². The van der Waals surface area contributed by atoms with Gasteiger partial charge in [-0.05, 0) is 49.3 Å². The van der Waals surface area contributed by atoms with E-state index in [0.29, 0.717) is 18.4 Å². The van der Waals surface area contributed by atoms with Gasteiger partial charge in [-0.25, -0.2) is 4.39 Å². The van der Waals surface area contributed by atoms with Crippen molar-refractivity contribution in [2.24, 2.45) is 11.8 Å². The number of nitrogens with zero attached hydrogens (tertiary/aromatic N) is 1. The molecule has 0 aliphatic carbocycles. The summed E-state index contributed by atoms with van der Waals surface area (Å²) < 4.78 is 12.8. The Balaban J connectivity index is 1.77. The molecule has 1 N–H and O–H groups in total. The number of likely N-dealkylation sites (tertiary alicyclic amines) is 1. The average Bonchev–Trinajstić information content (AvgIpc) is 2.47. The summed E-state index contributed by atoms with van der Waals surface area (Å²) in [5, 5.41) is 3.00. The fraction of sp³-hybridized carbons (Fsp3) is 0.611. The van der Waals surface area contributed by atoms with E-state index in [1.54, 1.807) is 12.1 Å². The highest BCUT2D eigenvalue weighted by atomic mass is 19.1.